The van der Waals surface area contributed by atoms with E-state index in [0.29, 0.717) is 0 Å². The van der Waals surface area contributed by atoms with E-state index in [0.717, 1.165) is 11.1 Å². The number of hydrogen-bond acceptors (Lipinski definition) is 10. The Morgan fingerprint density at radius 1 is 1.14 bits per heavy atom. The number of carbonyl (C=O) groups is 5. The number of carbonyl (C=O) groups excluding carboxylic acids is 5. The fourth-order valence-corrected chi connectivity index (χ4v) is 5.58. The third-order valence-corrected chi connectivity index (χ3v) is 7.84. The van der Waals surface area contributed by atoms with Crippen LogP contribution in [0.15, 0.2) is 12.7 Å². The van der Waals surface area contributed by atoms with Crippen LogP contribution in [0.1, 0.15) is 67.2 Å². The highest BCUT2D eigenvalue weighted by Crippen LogP contribution is 2.31. The van der Waals surface area contributed by atoms with Crippen LogP contribution in [0.5, 0.6) is 0 Å². The number of ether oxygens (including phenoxy) is 1. The lowest BCUT2D eigenvalue weighted by atomic mass is 9.76. The molecule has 0 aliphatic carbocycles. The van der Waals surface area contributed by atoms with Gasteiger partial charge in [-0.15, -0.1) is 12.6 Å². The van der Waals surface area contributed by atoms with Gasteiger partial charge in [-0.05, 0) is 23.8 Å². The second kappa shape index (κ2) is 14.3. The molecule has 5 N–H and O–H groups in total. The van der Waals surface area contributed by atoms with Gasteiger partial charge in [-0.1, -0.05) is 48.1 Å². The van der Waals surface area contributed by atoms with Crippen LogP contribution in [0.4, 0.5) is 0 Å². The molecule has 0 spiro atoms. The van der Waals surface area contributed by atoms with Crippen LogP contribution in [0.25, 0.3) is 0 Å². The zero-order valence-electron chi connectivity index (χ0n) is 25.9. The van der Waals surface area contributed by atoms with Gasteiger partial charge in [-0.2, -0.15) is 5.43 Å². The Morgan fingerprint density at radius 3 is 2.30 bits per heavy atom. The van der Waals surface area contributed by atoms with Crippen molar-refractivity contribution >= 4 is 47.1 Å². The highest BCUT2D eigenvalue weighted by molar-refractivity contribution is 7.96. The number of β-amino-alcohol motifs (C(OH)–C–C–N with tert-alkyl or cyclic N) is 1. The summed E-state index contributed by atoms with van der Waals surface area (Å²) in [6.07, 6.45) is 1.08. The van der Waals surface area contributed by atoms with Gasteiger partial charge < -0.3 is 25.2 Å². The van der Waals surface area contributed by atoms with Crippen molar-refractivity contribution in [1.29, 1.82) is 5.41 Å². The second-order valence-corrected chi connectivity index (χ2v) is 13.6. The molecule has 0 bridgehead atoms. The smallest absolute Gasteiger partial charge is 0.355 e. The largest absolute Gasteiger partial charge is 0.462 e. The first-order chi connectivity index (χ1) is 19.7. The molecule has 2 aliphatic rings. The number of hydrazine groups is 1. The SMILES string of the molecule is C=CC(=O)N1CCC(O)(C(=O)C(C)[C@H](C(=O)N[C@@H](CC(=N)S)C(=O)N2CCCC(O)(C(=O)OCC(C)(C)C)N2)C(C)C)C1. The van der Waals surface area contributed by atoms with Crippen molar-refractivity contribution in [3.63, 3.8) is 0 Å². The van der Waals surface area contributed by atoms with Crippen molar-refractivity contribution in [2.24, 2.45) is 23.2 Å². The minimum atomic E-state index is -2.17. The van der Waals surface area contributed by atoms with Gasteiger partial charge >= 0.3 is 5.97 Å². The summed E-state index contributed by atoms with van der Waals surface area (Å²) in [6, 6.07) is -1.31. The van der Waals surface area contributed by atoms with Crippen LogP contribution in [-0.2, 0) is 28.7 Å². The van der Waals surface area contributed by atoms with Crippen molar-refractivity contribution in [3.8, 4) is 0 Å². The average molecular weight is 626 g/mol. The maximum Gasteiger partial charge on any atom is 0.355 e. The molecule has 0 saturated carbocycles. The average Bonchev–Trinajstić information content (AvgIpc) is 3.32. The molecule has 14 heteroatoms. The Balaban J connectivity index is 2.22. The van der Waals surface area contributed by atoms with Gasteiger partial charge in [-0.25, -0.2) is 4.79 Å². The fourth-order valence-electron chi connectivity index (χ4n) is 5.40. The molecule has 2 fully saturated rings. The number of ketones is 1. The normalized spacial score (nSPS) is 24.6. The van der Waals surface area contributed by atoms with Gasteiger partial charge in [0.2, 0.25) is 17.5 Å². The highest BCUT2D eigenvalue weighted by atomic mass is 32.1. The van der Waals surface area contributed by atoms with Crippen LogP contribution in [0, 0.1) is 28.6 Å². The molecule has 43 heavy (non-hydrogen) atoms. The lowest BCUT2D eigenvalue weighted by molar-refractivity contribution is -0.189. The Kier molecular flexibility index (Phi) is 12.1. The van der Waals surface area contributed by atoms with E-state index < -0.39 is 64.6 Å². The monoisotopic (exact) mass is 625 g/mol. The minimum absolute atomic E-state index is 0.00699. The molecule has 5 atom stereocenters. The summed E-state index contributed by atoms with van der Waals surface area (Å²) in [7, 11) is 0. The molecule has 0 aromatic rings. The van der Waals surface area contributed by atoms with E-state index in [4.69, 9.17) is 10.1 Å². The standard InChI is InChI=1S/C29H47N5O8S/c1-8-21(35)33-13-11-28(40,15-33)23(36)18(4)22(17(2)3)24(37)31-19(14-20(30)43)25(38)34-12-9-10-29(41,32-34)26(39)42-16-27(5,6)7/h8,17-19,22,32,40-41H,1,9-16H2,2-7H3,(H2,30,43)(H,31,37)/t18?,19-,22+,28?,29?/m0/s1. The molecule has 13 nitrogen and oxygen atoms in total. The minimum Gasteiger partial charge on any atom is -0.462 e. The number of thiol groups is 1. The van der Waals surface area contributed by atoms with Crippen LogP contribution in [-0.4, -0.2) is 98.2 Å². The van der Waals surface area contributed by atoms with Crippen molar-refractivity contribution < 1.29 is 38.9 Å². The molecular formula is C29H47N5O8S. The zero-order chi connectivity index (χ0) is 32.9. The number of hydrogen-bond donors (Lipinski definition) is 6. The third-order valence-electron chi connectivity index (χ3n) is 7.66. The van der Waals surface area contributed by atoms with Crippen molar-refractivity contribution in [1.82, 2.24) is 20.7 Å². The van der Waals surface area contributed by atoms with Gasteiger partial charge in [-0.3, -0.25) is 29.6 Å². The number of esters is 1. The molecule has 2 rings (SSSR count). The summed E-state index contributed by atoms with van der Waals surface area (Å²) in [6.45, 7) is 14.1. The first kappa shape index (κ1) is 36.4. The van der Waals surface area contributed by atoms with E-state index in [2.05, 4.69) is 30.0 Å². The number of nitrogens with one attached hydrogen (secondary N) is 3. The third kappa shape index (κ3) is 9.34. The summed E-state index contributed by atoms with van der Waals surface area (Å²) in [5.74, 6) is -5.66. The quantitative estimate of drug-likeness (QED) is 0.0599. The Bertz CT molecular complexity index is 1120. The predicted molar refractivity (Wildman–Crippen MR) is 162 cm³/mol. The van der Waals surface area contributed by atoms with E-state index in [-0.39, 0.29) is 62.4 Å². The molecule has 242 valence electrons. The lowest BCUT2D eigenvalue weighted by Gasteiger charge is -2.40. The molecule has 2 aliphatic heterocycles. The van der Waals surface area contributed by atoms with Crippen LogP contribution in [0.2, 0.25) is 0 Å². The van der Waals surface area contributed by atoms with Crippen molar-refractivity contribution in [3.05, 3.63) is 12.7 Å². The first-order valence-electron chi connectivity index (χ1n) is 14.5. The molecule has 0 aromatic heterocycles. The summed E-state index contributed by atoms with van der Waals surface area (Å²) in [4.78, 5) is 66.7. The van der Waals surface area contributed by atoms with Crippen molar-refractivity contribution in [2.45, 2.75) is 84.6 Å². The van der Waals surface area contributed by atoms with Gasteiger partial charge in [0.05, 0.1) is 18.2 Å². The summed E-state index contributed by atoms with van der Waals surface area (Å²) < 4.78 is 5.27. The summed E-state index contributed by atoms with van der Waals surface area (Å²) in [5.41, 5.74) is -1.81. The molecule has 3 amide bonds. The van der Waals surface area contributed by atoms with Gasteiger partial charge in [0.1, 0.15) is 11.6 Å². The van der Waals surface area contributed by atoms with Crippen molar-refractivity contribution in [2.75, 3.05) is 26.2 Å². The Hall–Kier alpha value is -2.81. The second-order valence-electron chi connectivity index (χ2n) is 13.1. The molecular weight excluding hydrogens is 578 g/mol. The van der Waals surface area contributed by atoms with E-state index in [1.54, 1.807) is 13.8 Å². The molecule has 0 aromatic carbocycles. The van der Waals surface area contributed by atoms with Crippen LogP contribution >= 0.6 is 12.6 Å². The van der Waals surface area contributed by atoms with E-state index in [9.17, 15) is 34.2 Å². The Morgan fingerprint density at radius 2 is 1.77 bits per heavy atom. The van der Waals surface area contributed by atoms with Gasteiger partial charge in [0, 0.05) is 44.2 Å². The first-order valence-corrected chi connectivity index (χ1v) is 14.9. The molecule has 0 radical (unpaired) electrons. The topological polar surface area (TPSA) is 189 Å². The lowest BCUT2D eigenvalue weighted by Crippen LogP contribution is -2.67. The Labute approximate surface area is 258 Å². The summed E-state index contributed by atoms with van der Waals surface area (Å²) in [5, 5.41) is 33.4. The number of Topliss-reactive ketones (excluding diaryl/α,β-unsaturated/α-hetero) is 1. The number of amides is 3. The fraction of sp³-hybridized carbons (Fsp3) is 0.724. The van der Waals surface area contributed by atoms with Gasteiger partial charge in [0.25, 0.3) is 5.91 Å². The van der Waals surface area contributed by atoms with Crippen LogP contribution in [0.3, 0.4) is 0 Å². The predicted octanol–water partition coefficient (Wildman–Crippen LogP) is 0.800. The maximum atomic E-state index is 13.6. The zero-order valence-corrected chi connectivity index (χ0v) is 26.8. The molecule has 2 saturated heterocycles. The summed E-state index contributed by atoms with van der Waals surface area (Å²) >= 11 is 4.00. The van der Waals surface area contributed by atoms with Gasteiger partial charge in [0.15, 0.2) is 5.78 Å². The van der Waals surface area contributed by atoms with E-state index in [1.807, 2.05) is 20.8 Å². The van der Waals surface area contributed by atoms with E-state index in [1.165, 1.54) is 11.8 Å². The number of aliphatic hydroxyl groups is 2. The molecule has 2 heterocycles. The molecule has 3 unspecified atom stereocenters. The number of rotatable bonds is 12. The van der Waals surface area contributed by atoms with E-state index >= 15 is 0 Å². The van der Waals surface area contributed by atoms with Crippen LogP contribution < -0.4 is 10.7 Å². The number of nitrogens with zero attached hydrogens (tertiary/aromatic N) is 2. The highest BCUT2D eigenvalue weighted by Gasteiger charge is 2.49. The number of likely N-dealkylation sites (tertiary alicyclic amines) is 1. The maximum absolute atomic E-state index is 13.6.